The third-order valence-electron chi connectivity index (χ3n) is 2.18. The van der Waals surface area contributed by atoms with Crippen LogP contribution in [0.3, 0.4) is 0 Å². The molecule has 1 heterocycles. The minimum Gasteiger partial charge on any atom is -0.348 e. The first kappa shape index (κ1) is 9.68. The molecule has 0 spiro atoms. The Labute approximate surface area is 73.0 Å². The van der Waals surface area contributed by atoms with E-state index in [9.17, 15) is 4.79 Å². The maximum atomic E-state index is 10.3. The maximum absolute atomic E-state index is 10.3. The highest BCUT2D eigenvalue weighted by Gasteiger charge is 2.30. The number of ether oxygens (including phenoxy) is 2. The SMILES string of the molecule is C[C@H](C=O)CCC1(C)OCCO1. The molecule has 0 aliphatic carbocycles. The normalized spacial score (nSPS) is 23.8. The molecule has 0 aromatic rings. The summed E-state index contributed by atoms with van der Waals surface area (Å²) in [4.78, 5) is 10.3. The summed E-state index contributed by atoms with van der Waals surface area (Å²) in [6.07, 6.45) is 2.60. The van der Waals surface area contributed by atoms with Gasteiger partial charge in [0.05, 0.1) is 13.2 Å². The first-order valence-electron chi connectivity index (χ1n) is 4.39. The molecule has 12 heavy (non-hydrogen) atoms. The van der Waals surface area contributed by atoms with Crippen LogP contribution in [0.5, 0.6) is 0 Å². The van der Waals surface area contributed by atoms with E-state index in [2.05, 4.69) is 0 Å². The van der Waals surface area contributed by atoms with E-state index in [4.69, 9.17) is 9.47 Å². The van der Waals surface area contributed by atoms with Gasteiger partial charge in [-0.15, -0.1) is 0 Å². The lowest BCUT2D eigenvalue weighted by Crippen LogP contribution is -2.26. The Morgan fingerprint density at radius 2 is 2.08 bits per heavy atom. The fraction of sp³-hybridized carbons (Fsp3) is 0.889. The lowest BCUT2D eigenvalue weighted by molar-refractivity contribution is -0.149. The minimum atomic E-state index is -0.433. The second-order valence-corrected chi connectivity index (χ2v) is 3.48. The summed E-state index contributed by atoms with van der Waals surface area (Å²) >= 11 is 0. The molecule has 1 atom stereocenters. The van der Waals surface area contributed by atoms with Crippen LogP contribution in [-0.2, 0) is 14.3 Å². The monoisotopic (exact) mass is 172 g/mol. The Bertz CT molecular complexity index is 150. The summed E-state index contributed by atoms with van der Waals surface area (Å²) in [6.45, 7) is 5.18. The van der Waals surface area contributed by atoms with E-state index in [0.717, 1.165) is 19.1 Å². The van der Waals surface area contributed by atoms with Gasteiger partial charge < -0.3 is 14.3 Å². The van der Waals surface area contributed by atoms with Crippen molar-refractivity contribution in [1.82, 2.24) is 0 Å². The van der Waals surface area contributed by atoms with E-state index in [1.54, 1.807) is 0 Å². The van der Waals surface area contributed by atoms with Crippen LogP contribution in [0.4, 0.5) is 0 Å². The second kappa shape index (κ2) is 4.01. The molecular weight excluding hydrogens is 156 g/mol. The van der Waals surface area contributed by atoms with Crippen LogP contribution in [0, 0.1) is 5.92 Å². The van der Waals surface area contributed by atoms with E-state index in [1.807, 2.05) is 13.8 Å². The highest BCUT2D eigenvalue weighted by atomic mass is 16.7. The van der Waals surface area contributed by atoms with Gasteiger partial charge in [-0.1, -0.05) is 6.92 Å². The van der Waals surface area contributed by atoms with Gasteiger partial charge in [0.2, 0.25) is 0 Å². The number of rotatable bonds is 4. The first-order valence-corrected chi connectivity index (χ1v) is 4.39. The molecule has 0 aromatic carbocycles. The predicted molar refractivity (Wildman–Crippen MR) is 44.8 cm³/mol. The molecule has 1 fully saturated rings. The van der Waals surface area contributed by atoms with E-state index in [1.165, 1.54) is 0 Å². The Hall–Kier alpha value is -0.410. The van der Waals surface area contributed by atoms with Gasteiger partial charge in [-0.2, -0.15) is 0 Å². The Balaban J connectivity index is 2.25. The zero-order valence-corrected chi connectivity index (χ0v) is 7.71. The van der Waals surface area contributed by atoms with Gasteiger partial charge in [0.1, 0.15) is 6.29 Å². The standard InChI is InChI=1S/C9H16O3/c1-8(7-10)3-4-9(2)11-5-6-12-9/h7-8H,3-6H2,1-2H3/t8-/m0/s1. The van der Waals surface area contributed by atoms with Crippen LogP contribution in [-0.4, -0.2) is 25.3 Å². The Morgan fingerprint density at radius 3 is 2.58 bits per heavy atom. The zero-order chi connectivity index (χ0) is 9.03. The van der Waals surface area contributed by atoms with Gasteiger partial charge in [-0.25, -0.2) is 0 Å². The average molecular weight is 172 g/mol. The van der Waals surface area contributed by atoms with Gasteiger partial charge >= 0.3 is 0 Å². The van der Waals surface area contributed by atoms with Crippen molar-refractivity contribution in [2.24, 2.45) is 5.92 Å². The minimum absolute atomic E-state index is 0.106. The summed E-state index contributed by atoms with van der Waals surface area (Å²) < 4.78 is 10.8. The van der Waals surface area contributed by atoms with Crippen LogP contribution in [0.1, 0.15) is 26.7 Å². The summed E-state index contributed by atoms with van der Waals surface area (Å²) in [6, 6.07) is 0. The summed E-state index contributed by atoms with van der Waals surface area (Å²) in [5.41, 5.74) is 0. The van der Waals surface area contributed by atoms with Crippen molar-refractivity contribution in [3.05, 3.63) is 0 Å². The van der Waals surface area contributed by atoms with Gasteiger partial charge in [0.15, 0.2) is 5.79 Å². The molecule has 1 rings (SSSR count). The molecule has 0 unspecified atom stereocenters. The summed E-state index contributed by atoms with van der Waals surface area (Å²) in [5.74, 6) is -0.327. The molecule has 1 saturated heterocycles. The van der Waals surface area contributed by atoms with Gasteiger partial charge in [0, 0.05) is 12.3 Å². The molecule has 0 amide bonds. The van der Waals surface area contributed by atoms with Crippen molar-refractivity contribution < 1.29 is 14.3 Å². The molecule has 0 bridgehead atoms. The molecule has 0 N–H and O–H groups in total. The number of carbonyl (C=O) groups excluding carboxylic acids is 1. The van der Waals surface area contributed by atoms with Crippen molar-refractivity contribution in [2.75, 3.05) is 13.2 Å². The third kappa shape index (κ3) is 2.57. The van der Waals surface area contributed by atoms with Gasteiger partial charge in [0.25, 0.3) is 0 Å². The van der Waals surface area contributed by atoms with Crippen LogP contribution in [0.25, 0.3) is 0 Å². The van der Waals surface area contributed by atoms with Gasteiger partial charge in [-0.3, -0.25) is 0 Å². The zero-order valence-electron chi connectivity index (χ0n) is 7.71. The van der Waals surface area contributed by atoms with Crippen molar-refractivity contribution in [3.63, 3.8) is 0 Å². The fourth-order valence-corrected chi connectivity index (χ4v) is 1.26. The first-order chi connectivity index (χ1) is 5.66. The quantitative estimate of drug-likeness (QED) is 0.601. The molecule has 3 heteroatoms. The van der Waals surface area contributed by atoms with Crippen molar-refractivity contribution in [2.45, 2.75) is 32.5 Å². The molecule has 3 nitrogen and oxygen atoms in total. The van der Waals surface area contributed by atoms with E-state index < -0.39 is 5.79 Å². The summed E-state index contributed by atoms with van der Waals surface area (Å²) in [5, 5.41) is 0. The highest BCUT2D eigenvalue weighted by molar-refractivity contribution is 5.52. The van der Waals surface area contributed by atoms with Crippen LogP contribution in [0.2, 0.25) is 0 Å². The van der Waals surface area contributed by atoms with Crippen molar-refractivity contribution >= 4 is 6.29 Å². The number of aldehydes is 1. The smallest absolute Gasteiger partial charge is 0.165 e. The third-order valence-corrected chi connectivity index (χ3v) is 2.18. The lowest BCUT2D eigenvalue weighted by Gasteiger charge is -2.22. The molecule has 70 valence electrons. The van der Waals surface area contributed by atoms with Crippen LogP contribution >= 0.6 is 0 Å². The molecule has 1 aliphatic heterocycles. The van der Waals surface area contributed by atoms with Crippen molar-refractivity contribution in [3.8, 4) is 0 Å². The van der Waals surface area contributed by atoms with Gasteiger partial charge in [-0.05, 0) is 13.3 Å². The fourth-order valence-electron chi connectivity index (χ4n) is 1.26. The lowest BCUT2D eigenvalue weighted by atomic mass is 10.0. The number of hydrogen-bond acceptors (Lipinski definition) is 3. The topological polar surface area (TPSA) is 35.5 Å². The highest BCUT2D eigenvalue weighted by Crippen LogP contribution is 2.25. The largest absolute Gasteiger partial charge is 0.348 e. The molecule has 0 radical (unpaired) electrons. The van der Waals surface area contributed by atoms with E-state index in [0.29, 0.717) is 13.2 Å². The molecular formula is C9H16O3. The molecule has 1 aliphatic rings. The van der Waals surface area contributed by atoms with Crippen molar-refractivity contribution in [1.29, 1.82) is 0 Å². The number of hydrogen-bond donors (Lipinski definition) is 0. The number of carbonyl (C=O) groups is 1. The average Bonchev–Trinajstić information content (AvgIpc) is 2.49. The Kier molecular flexibility index (Phi) is 3.23. The molecule has 0 saturated carbocycles. The predicted octanol–water partition coefficient (Wildman–Crippen LogP) is 1.36. The van der Waals surface area contributed by atoms with E-state index >= 15 is 0 Å². The Morgan fingerprint density at radius 1 is 1.50 bits per heavy atom. The van der Waals surface area contributed by atoms with Crippen LogP contribution in [0.15, 0.2) is 0 Å². The molecule has 0 aromatic heterocycles. The van der Waals surface area contributed by atoms with E-state index in [-0.39, 0.29) is 5.92 Å². The van der Waals surface area contributed by atoms with Crippen LogP contribution < -0.4 is 0 Å². The maximum Gasteiger partial charge on any atom is 0.165 e. The second-order valence-electron chi connectivity index (χ2n) is 3.48. The summed E-state index contributed by atoms with van der Waals surface area (Å²) in [7, 11) is 0.